The van der Waals surface area contributed by atoms with Gasteiger partial charge in [-0.15, -0.1) is 0 Å². The van der Waals surface area contributed by atoms with Gasteiger partial charge in [-0.3, -0.25) is 4.79 Å². The molecule has 122 valence electrons. The molecule has 7 heteroatoms. The Morgan fingerprint density at radius 1 is 1.61 bits per heavy atom. The van der Waals surface area contributed by atoms with E-state index in [2.05, 4.69) is 10.0 Å². The number of carbonyl (C=O) groups is 2. The van der Waals surface area contributed by atoms with Gasteiger partial charge in [0.15, 0.2) is 0 Å². The number of hydrogen-bond donors (Lipinski definition) is 0. The summed E-state index contributed by atoms with van der Waals surface area (Å²) in [5, 5.41) is 3.32. The van der Waals surface area contributed by atoms with Gasteiger partial charge in [0, 0.05) is 11.8 Å². The monoisotopic (exact) mass is 321 g/mol. The van der Waals surface area contributed by atoms with E-state index in [4.69, 9.17) is 17.1 Å². The Morgan fingerprint density at radius 3 is 3.04 bits per heavy atom. The number of nitrogens with zero attached hydrogens (tertiary/aromatic N) is 4. The first-order valence-electron chi connectivity index (χ1n) is 9.85. The van der Waals surface area contributed by atoms with E-state index >= 15 is 0 Å². The minimum Gasteiger partial charge on any atom is -0.447 e. The first-order chi connectivity index (χ1) is 13.3. The molecule has 7 nitrogen and oxygen atoms in total. The molecule has 1 aromatic rings. The Balaban J connectivity index is 2.33. The molecule has 23 heavy (non-hydrogen) atoms. The Bertz CT molecular complexity index is 745. The summed E-state index contributed by atoms with van der Waals surface area (Å²) in [5.74, 6) is -2.54. The van der Waals surface area contributed by atoms with Crippen LogP contribution in [0.1, 0.15) is 32.6 Å². The van der Waals surface area contributed by atoms with Crippen LogP contribution in [0.15, 0.2) is 35.4 Å². The first-order valence-corrected chi connectivity index (χ1v) is 6.97. The summed E-state index contributed by atoms with van der Waals surface area (Å²) in [4.78, 5) is 28.5. The van der Waals surface area contributed by atoms with Crippen molar-refractivity contribution in [3.63, 3.8) is 0 Å². The molecule has 1 aromatic carbocycles. The van der Waals surface area contributed by atoms with Crippen LogP contribution in [0, 0.1) is 5.92 Å². The highest BCUT2D eigenvalue weighted by molar-refractivity contribution is 5.96. The number of cyclic esters (lactones) is 1. The standard InChI is InChI=1S/C16H20N4O3/c1-3-11(2)14(18-19-17)15(21)20-13(10-23-16(20)22)9-12-7-5-4-6-8-12/h4-8,11,13-14H,3,9-10H2,1-2H3/t11-,13+,14-/m0/s1/i1D2,2D2,3D/t3?,11-,13+,14-. The van der Waals surface area contributed by atoms with E-state index in [9.17, 15) is 9.59 Å². The second-order valence-electron chi connectivity index (χ2n) is 5.05. The zero-order chi connectivity index (χ0) is 20.8. The number of benzene rings is 1. The minimum absolute atomic E-state index is 0.0673. The number of amides is 2. The SMILES string of the molecule is [2H]C([2H])C([2H])[C@H](C([2H])[2H])[C@H](N=[N+]=[N-])C(=O)N1C(=O)OC[C@H]1Cc1ccccc1. The lowest BCUT2D eigenvalue weighted by Gasteiger charge is -2.25. The van der Waals surface area contributed by atoms with E-state index < -0.39 is 50.2 Å². The van der Waals surface area contributed by atoms with Crippen molar-refractivity contribution in [2.75, 3.05) is 6.61 Å². The average Bonchev–Trinajstić information content (AvgIpc) is 3.01. The van der Waals surface area contributed by atoms with Crippen molar-refractivity contribution in [2.45, 2.75) is 38.7 Å². The van der Waals surface area contributed by atoms with Crippen LogP contribution in [0.2, 0.25) is 0 Å². The van der Waals surface area contributed by atoms with Crippen LogP contribution < -0.4 is 0 Å². The molecule has 0 saturated carbocycles. The van der Waals surface area contributed by atoms with E-state index in [-0.39, 0.29) is 6.61 Å². The summed E-state index contributed by atoms with van der Waals surface area (Å²) in [6.07, 6.45) is -2.30. The van der Waals surface area contributed by atoms with Crippen LogP contribution in [0.4, 0.5) is 4.79 Å². The fourth-order valence-electron chi connectivity index (χ4n) is 2.36. The second-order valence-corrected chi connectivity index (χ2v) is 5.05. The molecule has 0 aromatic heterocycles. The fraction of sp³-hybridized carbons (Fsp3) is 0.500. The van der Waals surface area contributed by atoms with Crippen LogP contribution in [0.5, 0.6) is 0 Å². The van der Waals surface area contributed by atoms with Crippen molar-refractivity contribution in [3.8, 4) is 0 Å². The number of hydrogen-bond acceptors (Lipinski definition) is 4. The number of carbonyl (C=O) groups excluding carboxylic acids is 2. The van der Waals surface area contributed by atoms with Crippen LogP contribution >= 0.6 is 0 Å². The largest absolute Gasteiger partial charge is 0.447 e. The van der Waals surface area contributed by atoms with Gasteiger partial charge in [0.2, 0.25) is 5.91 Å². The van der Waals surface area contributed by atoms with Crippen molar-refractivity contribution in [2.24, 2.45) is 11.0 Å². The zero-order valence-electron chi connectivity index (χ0n) is 17.3. The van der Waals surface area contributed by atoms with Crippen molar-refractivity contribution < 1.29 is 21.2 Å². The molecule has 0 aliphatic carbocycles. The summed E-state index contributed by atoms with van der Waals surface area (Å²) < 4.78 is 42.8. The van der Waals surface area contributed by atoms with Crippen molar-refractivity contribution in [3.05, 3.63) is 46.3 Å². The molecule has 1 aliphatic heterocycles. The van der Waals surface area contributed by atoms with Crippen molar-refractivity contribution >= 4 is 12.0 Å². The number of imide groups is 1. The normalized spacial score (nSPS) is 24.4. The van der Waals surface area contributed by atoms with Gasteiger partial charge >= 0.3 is 6.09 Å². The van der Waals surface area contributed by atoms with Gasteiger partial charge in [-0.2, -0.15) is 0 Å². The Labute approximate surface area is 141 Å². The maximum absolute atomic E-state index is 13.0. The van der Waals surface area contributed by atoms with Gasteiger partial charge in [0.1, 0.15) is 12.6 Å². The van der Waals surface area contributed by atoms with E-state index in [0.29, 0.717) is 6.42 Å². The van der Waals surface area contributed by atoms with E-state index in [1.807, 2.05) is 18.2 Å². The second kappa shape index (κ2) is 7.65. The van der Waals surface area contributed by atoms with Crippen molar-refractivity contribution in [1.82, 2.24) is 4.90 Å². The van der Waals surface area contributed by atoms with Crippen molar-refractivity contribution in [1.29, 1.82) is 0 Å². The molecule has 1 saturated heterocycles. The van der Waals surface area contributed by atoms with E-state index in [1.165, 1.54) is 0 Å². The molecular formula is C16H20N4O3. The van der Waals surface area contributed by atoms with Crippen LogP contribution in [0.25, 0.3) is 10.4 Å². The highest BCUT2D eigenvalue weighted by Gasteiger charge is 2.41. The fourth-order valence-corrected chi connectivity index (χ4v) is 2.36. The smallest absolute Gasteiger partial charge is 0.416 e. The first kappa shape index (κ1) is 11.1. The van der Waals surface area contributed by atoms with Gasteiger partial charge in [0.25, 0.3) is 0 Å². The van der Waals surface area contributed by atoms with Gasteiger partial charge in [0.05, 0.1) is 6.04 Å². The molecule has 2 rings (SSSR count). The minimum atomic E-state index is -1.81. The summed E-state index contributed by atoms with van der Waals surface area (Å²) in [6, 6.07) is 6.63. The van der Waals surface area contributed by atoms with Crippen LogP contribution in [-0.2, 0) is 16.0 Å². The maximum Gasteiger partial charge on any atom is 0.416 e. The van der Waals surface area contributed by atoms with Gasteiger partial charge in [-0.25, -0.2) is 9.69 Å². The molecule has 1 heterocycles. The Hall–Kier alpha value is -2.53. The summed E-state index contributed by atoms with van der Waals surface area (Å²) in [7, 11) is 0. The van der Waals surface area contributed by atoms with E-state index in [1.54, 1.807) is 12.1 Å². The van der Waals surface area contributed by atoms with Crippen LogP contribution in [0.3, 0.4) is 0 Å². The third-order valence-corrected chi connectivity index (χ3v) is 3.53. The molecule has 0 radical (unpaired) electrons. The topological polar surface area (TPSA) is 95.4 Å². The Morgan fingerprint density at radius 2 is 2.39 bits per heavy atom. The third kappa shape index (κ3) is 3.81. The molecular weight excluding hydrogens is 296 g/mol. The molecule has 1 unspecified atom stereocenters. The highest BCUT2D eigenvalue weighted by atomic mass is 16.6. The molecule has 0 spiro atoms. The maximum atomic E-state index is 13.0. The molecule has 0 N–H and O–H groups in total. The molecule has 0 bridgehead atoms. The Kier molecular flexibility index (Phi) is 3.68. The highest BCUT2D eigenvalue weighted by Crippen LogP contribution is 2.22. The third-order valence-electron chi connectivity index (χ3n) is 3.53. The summed E-state index contributed by atoms with van der Waals surface area (Å²) in [5.41, 5.74) is 9.68. The lowest BCUT2D eigenvalue weighted by atomic mass is 9.97. The van der Waals surface area contributed by atoms with E-state index in [0.717, 1.165) is 10.5 Å². The molecule has 1 fully saturated rings. The molecule has 2 amide bonds. The number of ether oxygens (including phenoxy) is 1. The van der Waals surface area contributed by atoms with Gasteiger partial charge in [-0.1, -0.05) is 55.6 Å². The predicted molar refractivity (Wildman–Crippen MR) is 84.5 cm³/mol. The number of rotatable bonds is 6. The zero-order valence-corrected chi connectivity index (χ0v) is 12.3. The van der Waals surface area contributed by atoms with Gasteiger partial charge in [-0.05, 0) is 23.4 Å². The average molecular weight is 321 g/mol. The lowest BCUT2D eigenvalue weighted by Crippen LogP contribution is -2.46. The molecule has 1 aliphatic rings. The summed E-state index contributed by atoms with van der Waals surface area (Å²) in [6.45, 7) is -3.65. The molecule has 4 atom stereocenters. The summed E-state index contributed by atoms with van der Waals surface area (Å²) >= 11 is 0. The predicted octanol–water partition coefficient (Wildman–Crippen LogP) is 3.30. The van der Waals surface area contributed by atoms with Gasteiger partial charge < -0.3 is 4.74 Å². The number of azide groups is 1. The quantitative estimate of drug-likeness (QED) is 0.457. The lowest BCUT2D eigenvalue weighted by molar-refractivity contribution is -0.131. The van der Waals surface area contributed by atoms with Crippen LogP contribution in [-0.4, -0.2) is 35.6 Å².